The van der Waals surface area contributed by atoms with E-state index in [4.69, 9.17) is 9.97 Å². The van der Waals surface area contributed by atoms with E-state index >= 15 is 0 Å². The molecule has 0 radical (unpaired) electrons. The van der Waals surface area contributed by atoms with E-state index in [1.54, 1.807) is 23.7 Å². The van der Waals surface area contributed by atoms with E-state index < -0.39 is 0 Å². The highest BCUT2D eigenvalue weighted by molar-refractivity contribution is 7.27. The fourth-order valence-electron chi connectivity index (χ4n) is 11.4. The average molecular weight is 899 g/mol. The largest absolute Gasteiger partial charge is 0.318 e. The summed E-state index contributed by atoms with van der Waals surface area (Å²) in [6.07, 6.45) is 3.52. The lowest BCUT2D eigenvalue weighted by molar-refractivity contribution is 1.14. The third kappa shape index (κ3) is 4.77. The van der Waals surface area contributed by atoms with E-state index in [9.17, 15) is 11.8 Å². The third-order valence-corrected chi connectivity index (χ3v) is 16.3. The second-order valence-corrected chi connectivity index (χ2v) is 19.5. The molecule has 0 saturated heterocycles. The minimum Gasteiger partial charge on any atom is -0.318 e. The maximum atomic E-state index is 12.1. The highest BCUT2D eigenvalue weighted by atomic mass is 32.1. The number of benzene rings is 10. The van der Waals surface area contributed by atoms with Crippen LogP contribution < -0.4 is 0 Å². The zero-order valence-corrected chi connectivity index (χ0v) is 37.5. The quantitative estimate of drug-likeness (QED) is 0.131. The number of hydrogen-bond donors (Lipinski definition) is 0. The molecule has 5 aromatic heterocycles. The summed E-state index contributed by atoms with van der Waals surface area (Å²) in [5.41, 5.74) is 10.9. The van der Waals surface area contributed by atoms with Crippen LogP contribution >= 0.6 is 22.7 Å². The molecule has 0 amide bonds. The van der Waals surface area contributed by atoms with E-state index in [2.05, 4.69) is 154 Å². The summed E-state index contributed by atoms with van der Waals surface area (Å²) < 4.78 is 9.46. The normalized spacial score (nSPS) is 12.1. The van der Waals surface area contributed by atoms with Gasteiger partial charge in [-0.05, 0) is 47.5 Å². The average Bonchev–Trinajstić information content (AvgIpc) is 4.16. The van der Waals surface area contributed by atoms with Crippen molar-refractivity contribution in [2.24, 2.45) is 0 Å². The Morgan fingerprint density at radius 1 is 0.456 bits per heavy atom. The van der Waals surface area contributed by atoms with Gasteiger partial charge in [0, 0.05) is 91.5 Å². The van der Waals surface area contributed by atoms with Crippen molar-refractivity contribution in [2.75, 3.05) is 0 Å². The molecule has 0 saturated carbocycles. The first-order valence-corrected chi connectivity index (χ1v) is 24.0. The first kappa shape index (κ1) is 37.3. The van der Waals surface area contributed by atoms with Crippen molar-refractivity contribution in [1.29, 1.82) is 5.26 Å². The molecule has 8 heteroatoms. The van der Waals surface area contributed by atoms with E-state index in [0.717, 1.165) is 97.9 Å². The molecule has 6 nitrogen and oxygen atoms in total. The zero-order valence-electron chi connectivity index (χ0n) is 35.8. The minimum atomic E-state index is 0.400. The van der Waals surface area contributed by atoms with Gasteiger partial charge in [-0.2, -0.15) is 5.26 Å². The van der Waals surface area contributed by atoms with Crippen LogP contribution in [0.1, 0.15) is 5.56 Å². The summed E-state index contributed by atoms with van der Waals surface area (Å²) in [6, 6.07) is 62.4. The van der Waals surface area contributed by atoms with Gasteiger partial charge in [0.05, 0.1) is 61.3 Å². The van der Waals surface area contributed by atoms with Crippen LogP contribution in [-0.4, -0.2) is 19.1 Å². The molecule has 0 unspecified atom stereocenters. The van der Waals surface area contributed by atoms with Crippen LogP contribution in [0.5, 0.6) is 0 Å². The lowest BCUT2D eigenvalue weighted by Gasteiger charge is -2.25. The molecule has 0 N–H and O–H groups in total. The van der Waals surface area contributed by atoms with Crippen LogP contribution in [0, 0.1) is 17.9 Å². The van der Waals surface area contributed by atoms with Crippen molar-refractivity contribution in [3.05, 3.63) is 199 Å². The molecule has 0 fully saturated rings. The van der Waals surface area contributed by atoms with Gasteiger partial charge in [0.1, 0.15) is 6.07 Å². The molecule has 15 rings (SSSR count). The van der Waals surface area contributed by atoms with Crippen LogP contribution in [0.15, 0.2) is 182 Å². The Labute approximate surface area is 395 Å². The van der Waals surface area contributed by atoms with E-state index in [-0.39, 0.29) is 0 Å². The van der Waals surface area contributed by atoms with Crippen LogP contribution in [0.4, 0.5) is 5.69 Å². The van der Waals surface area contributed by atoms with E-state index in [0.29, 0.717) is 22.5 Å². The van der Waals surface area contributed by atoms with Crippen LogP contribution in [-0.2, 0) is 0 Å². The molecular weight excluding hydrogens is 869 g/mol. The Hall–Kier alpha value is -8.92. The Morgan fingerprint density at radius 3 is 1.68 bits per heavy atom. The highest BCUT2D eigenvalue weighted by Gasteiger charge is 2.33. The summed E-state index contributed by atoms with van der Waals surface area (Å²) in [5, 5.41) is 23.2. The molecule has 0 aliphatic rings. The maximum absolute atomic E-state index is 12.1. The maximum Gasteiger partial charge on any atom is 0.220 e. The van der Waals surface area contributed by atoms with Crippen molar-refractivity contribution >= 4 is 134 Å². The van der Waals surface area contributed by atoms with Gasteiger partial charge in [-0.25, -0.2) is 4.85 Å². The first-order chi connectivity index (χ1) is 33.7. The van der Waals surface area contributed by atoms with Gasteiger partial charge >= 0.3 is 0 Å². The fourth-order valence-corrected chi connectivity index (χ4v) is 13.8. The molecule has 10 aromatic carbocycles. The Balaban J connectivity index is 1.25. The lowest BCUT2D eigenvalue weighted by atomic mass is 9.88. The second kappa shape index (κ2) is 13.8. The summed E-state index contributed by atoms with van der Waals surface area (Å²) in [7, 11) is 0. The van der Waals surface area contributed by atoms with Crippen LogP contribution in [0.3, 0.4) is 0 Å². The second-order valence-electron chi connectivity index (χ2n) is 17.3. The van der Waals surface area contributed by atoms with Gasteiger partial charge in [0.2, 0.25) is 5.69 Å². The smallest absolute Gasteiger partial charge is 0.220 e. The number of thiophene rings is 2. The summed E-state index contributed by atoms with van der Waals surface area (Å²) in [6.45, 7) is 9.33. The standard InChI is InChI=1S/C60H30N6S2/c1-62-56-48(33-14-4-2-5-15-33)41(32-61)57(49(34-16-6-3-7-17-34)59(56)65-42-22-12-20-38-50(42)51-39(21-13-23-43(51)65)55-54(38)63-30-31-64-55)66-44-28-29-47-53(37-19-9-11-25-46(37)67-47)52(44)40-27-26-36-35-18-8-10-24-45(35)68-60(36)58(40)66/h2-31H. The minimum absolute atomic E-state index is 0.400. The Morgan fingerprint density at radius 2 is 1.01 bits per heavy atom. The van der Waals surface area contributed by atoms with Crippen molar-refractivity contribution in [3.63, 3.8) is 0 Å². The third-order valence-electron chi connectivity index (χ3n) is 14.0. The number of rotatable bonds is 4. The topological polar surface area (TPSA) is 63.8 Å². The number of fused-ring (bicyclic) bond motifs is 14. The number of aromatic nitrogens is 4. The SMILES string of the molecule is [C-]#[N+]c1c(-c2ccccc2)c(C#N)c(-n2c3ccc4sc5ccccc5c4c3c3ccc4c5ccccc5sc4c32)c(-c2ccccc2)c1-n1c2cccc3c4nccnc4c4cccc1c4c32. The van der Waals surface area contributed by atoms with Crippen molar-refractivity contribution in [2.45, 2.75) is 0 Å². The van der Waals surface area contributed by atoms with E-state index in [1.807, 2.05) is 47.7 Å². The van der Waals surface area contributed by atoms with Crippen LogP contribution in [0.25, 0.3) is 144 Å². The molecular formula is C60H30N6S2. The molecule has 0 aliphatic carbocycles. The Kier molecular flexibility index (Phi) is 7.58. The lowest BCUT2D eigenvalue weighted by Crippen LogP contribution is -2.08. The van der Waals surface area contributed by atoms with Crippen LogP contribution in [0.2, 0.25) is 0 Å². The van der Waals surface area contributed by atoms with Gasteiger partial charge in [0.25, 0.3) is 0 Å². The Bertz CT molecular complexity index is 4670. The molecule has 0 spiro atoms. The summed E-state index contributed by atoms with van der Waals surface area (Å²) in [4.78, 5) is 14.4. The monoisotopic (exact) mass is 898 g/mol. The van der Waals surface area contributed by atoms with Gasteiger partial charge < -0.3 is 9.13 Å². The van der Waals surface area contributed by atoms with E-state index in [1.165, 1.54) is 30.3 Å². The predicted octanol–water partition coefficient (Wildman–Crippen LogP) is 16.9. The van der Waals surface area contributed by atoms with Gasteiger partial charge in [0.15, 0.2) is 0 Å². The molecule has 0 bridgehead atoms. The summed E-state index contributed by atoms with van der Waals surface area (Å²) in [5.74, 6) is 0. The molecule has 5 heterocycles. The number of nitriles is 1. The molecule has 0 atom stereocenters. The molecule has 15 aromatic rings. The fraction of sp³-hybridized carbons (Fsp3) is 0. The summed E-state index contributed by atoms with van der Waals surface area (Å²) >= 11 is 3.60. The van der Waals surface area contributed by atoms with Gasteiger partial charge in [-0.15, -0.1) is 22.7 Å². The molecule has 68 heavy (non-hydrogen) atoms. The van der Waals surface area contributed by atoms with Gasteiger partial charge in [-0.1, -0.05) is 133 Å². The number of nitrogens with zero attached hydrogens (tertiary/aromatic N) is 6. The van der Waals surface area contributed by atoms with Crippen molar-refractivity contribution in [1.82, 2.24) is 19.1 Å². The van der Waals surface area contributed by atoms with Gasteiger partial charge in [-0.3, -0.25) is 9.97 Å². The molecule has 0 aliphatic heterocycles. The highest BCUT2D eigenvalue weighted by Crippen LogP contribution is 2.55. The molecule has 312 valence electrons. The predicted molar refractivity (Wildman–Crippen MR) is 285 cm³/mol. The van der Waals surface area contributed by atoms with Crippen molar-refractivity contribution in [3.8, 4) is 39.7 Å². The van der Waals surface area contributed by atoms with Crippen molar-refractivity contribution < 1.29 is 0 Å². The number of hydrogen-bond acceptors (Lipinski definition) is 5. The zero-order chi connectivity index (χ0) is 44.8. The first-order valence-electron chi connectivity index (χ1n) is 22.4.